The fraction of sp³-hybridized carbons (Fsp3) is 0.176. The molecule has 1 fully saturated rings. The van der Waals surface area contributed by atoms with Gasteiger partial charge in [-0.1, -0.05) is 109 Å². The fourth-order valence-electron chi connectivity index (χ4n) is 5.77. The zero-order valence-corrected chi connectivity index (χ0v) is 21.2. The lowest BCUT2D eigenvalue weighted by Crippen LogP contribution is -2.42. The molecule has 4 heteroatoms. The predicted octanol–water partition coefficient (Wildman–Crippen LogP) is 6.55. The molecule has 1 saturated heterocycles. The van der Waals surface area contributed by atoms with Gasteiger partial charge >= 0.3 is 0 Å². The molecule has 1 heterocycles. The first-order valence-electron chi connectivity index (χ1n) is 13.3. The number of carbonyl (C=O) groups is 2. The minimum absolute atomic E-state index is 0.00256. The Hall–Kier alpha value is -4.44. The zero-order valence-electron chi connectivity index (χ0n) is 21.2. The van der Waals surface area contributed by atoms with E-state index in [0.717, 1.165) is 28.0 Å². The van der Waals surface area contributed by atoms with Gasteiger partial charge in [0.2, 0.25) is 5.91 Å². The number of fused-ring (bicyclic) bond motifs is 2. The molecule has 0 saturated carbocycles. The SMILES string of the molecule is O=C(NC1CCN(CCC(c2ccccc2)c2ccccc2)C1=O)c1c2ccccc2cc2ccccc12. The van der Waals surface area contributed by atoms with Crippen LogP contribution in [0.25, 0.3) is 21.5 Å². The lowest BCUT2D eigenvalue weighted by molar-refractivity contribution is -0.129. The number of hydrogen-bond donors (Lipinski definition) is 1. The molecule has 0 aromatic heterocycles. The molecule has 188 valence electrons. The van der Waals surface area contributed by atoms with Crippen molar-refractivity contribution in [2.75, 3.05) is 13.1 Å². The molecule has 2 amide bonds. The molecule has 4 nitrogen and oxygen atoms in total. The lowest BCUT2D eigenvalue weighted by atomic mass is 9.88. The van der Waals surface area contributed by atoms with Crippen LogP contribution in [-0.2, 0) is 4.79 Å². The van der Waals surface area contributed by atoms with Crippen LogP contribution in [0.2, 0.25) is 0 Å². The van der Waals surface area contributed by atoms with Crippen LogP contribution in [0.3, 0.4) is 0 Å². The molecule has 1 unspecified atom stereocenters. The van der Waals surface area contributed by atoms with Crippen LogP contribution in [0, 0.1) is 0 Å². The molecule has 1 aliphatic rings. The molecular weight excluding hydrogens is 468 g/mol. The maximum absolute atomic E-state index is 13.6. The molecular formula is C34H30N2O2. The number of nitrogens with zero attached hydrogens (tertiary/aromatic N) is 1. The van der Waals surface area contributed by atoms with Gasteiger partial charge in [0.25, 0.3) is 5.91 Å². The van der Waals surface area contributed by atoms with E-state index in [-0.39, 0.29) is 17.7 Å². The van der Waals surface area contributed by atoms with Gasteiger partial charge in [0.15, 0.2) is 0 Å². The van der Waals surface area contributed by atoms with Crippen molar-refractivity contribution in [3.63, 3.8) is 0 Å². The zero-order chi connectivity index (χ0) is 25.9. The van der Waals surface area contributed by atoms with Crippen molar-refractivity contribution >= 4 is 33.4 Å². The van der Waals surface area contributed by atoms with Crippen molar-refractivity contribution in [1.82, 2.24) is 10.2 Å². The van der Waals surface area contributed by atoms with Gasteiger partial charge in [0.05, 0.1) is 5.56 Å². The molecule has 0 spiro atoms. The van der Waals surface area contributed by atoms with Gasteiger partial charge in [-0.15, -0.1) is 0 Å². The lowest BCUT2D eigenvalue weighted by Gasteiger charge is -2.23. The van der Waals surface area contributed by atoms with Crippen molar-refractivity contribution in [3.8, 4) is 0 Å². The second-order valence-electron chi connectivity index (χ2n) is 10.00. The summed E-state index contributed by atoms with van der Waals surface area (Å²) in [5.74, 6) is 0.0216. The number of likely N-dealkylation sites (tertiary alicyclic amines) is 1. The molecule has 1 N–H and O–H groups in total. The molecule has 0 aliphatic carbocycles. The third-order valence-electron chi connectivity index (χ3n) is 7.69. The molecule has 0 radical (unpaired) electrons. The Bertz CT molecular complexity index is 1500. The summed E-state index contributed by atoms with van der Waals surface area (Å²) in [7, 11) is 0. The van der Waals surface area contributed by atoms with Crippen LogP contribution in [0.5, 0.6) is 0 Å². The number of amides is 2. The smallest absolute Gasteiger partial charge is 0.253 e. The largest absolute Gasteiger partial charge is 0.341 e. The highest BCUT2D eigenvalue weighted by Crippen LogP contribution is 2.30. The maximum Gasteiger partial charge on any atom is 0.253 e. The van der Waals surface area contributed by atoms with Crippen molar-refractivity contribution in [1.29, 1.82) is 0 Å². The second-order valence-corrected chi connectivity index (χ2v) is 10.00. The first-order valence-corrected chi connectivity index (χ1v) is 13.3. The van der Waals surface area contributed by atoms with Crippen molar-refractivity contribution < 1.29 is 9.59 Å². The van der Waals surface area contributed by atoms with E-state index in [0.29, 0.717) is 25.1 Å². The number of hydrogen-bond acceptors (Lipinski definition) is 2. The summed E-state index contributed by atoms with van der Waals surface area (Å²) >= 11 is 0. The van der Waals surface area contributed by atoms with Gasteiger partial charge in [-0.25, -0.2) is 0 Å². The van der Waals surface area contributed by atoms with E-state index in [1.165, 1.54) is 11.1 Å². The summed E-state index contributed by atoms with van der Waals surface area (Å²) in [4.78, 5) is 28.9. The van der Waals surface area contributed by atoms with E-state index < -0.39 is 6.04 Å². The summed E-state index contributed by atoms with van der Waals surface area (Å²) in [6.07, 6.45) is 1.45. The molecule has 5 aromatic rings. The van der Waals surface area contributed by atoms with Gasteiger partial charge in [0, 0.05) is 19.0 Å². The summed E-state index contributed by atoms with van der Waals surface area (Å²) in [5.41, 5.74) is 3.13. The first-order chi connectivity index (χ1) is 18.7. The highest BCUT2D eigenvalue weighted by molar-refractivity contribution is 6.18. The number of nitrogens with one attached hydrogen (secondary N) is 1. The van der Waals surface area contributed by atoms with Crippen molar-refractivity contribution in [2.24, 2.45) is 0 Å². The van der Waals surface area contributed by atoms with Gasteiger partial charge in [-0.3, -0.25) is 9.59 Å². The Balaban J connectivity index is 1.19. The number of benzene rings is 5. The fourth-order valence-corrected chi connectivity index (χ4v) is 5.77. The topological polar surface area (TPSA) is 49.4 Å². The number of rotatable bonds is 7. The van der Waals surface area contributed by atoms with Gasteiger partial charge in [-0.2, -0.15) is 0 Å². The van der Waals surface area contributed by atoms with E-state index in [1.54, 1.807) is 0 Å². The van der Waals surface area contributed by atoms with Gasteiger partial charge in [0.1, 0.15) is 6.04 Å². The summed E-state index contributed by atoms with van der Waals surface area (Å²) < 4.78 is 0. The van der Waals surface area contributed by atoms with E-state index in [9.17, 15) is 9.59 Å². The monoisotopic (exact) mass is 498 g/mol. The molecule has 38 heavy (non-hydrogen) atoms. The predicted molar refractivity (Wildman–Crippen MR) is 153 cm³/mol. The van der Waals surface area contributed by atoms with E-state index in [2.05, 4.69) is 59.9 Å². The highest BCUT2D eigenvalue weighted by Gasteiger charge is 2.33. The summed E-state index contributed by atoms with van der Waals surface area (Å²) in [6.45, 7) is 1.30. The normalized spacial score (nSPS) is 15.4. The van der Waals surface area contributed by atoms with Crippen LogP contribution in [-0.4, -0.2) is 35.8 Å². The third kappa shape index (κ3) is 4.66. The molecule has 1 aliphatic heterocycles. The summed E-state index contributed by atoms with van der Waals surface area (Å²) in [5, 5.41) is 6.92. The van der Waals surface area contributed by atoms with Crippen molar-refractivity contribution in [3.05, 3.63) is 132 Å². The average molecular weight is 499 g/mol. The average Bonchev–Trinajstić information content (AvgIpc) is 3.31. The standard InChI is InChI=1S/C34H30N2O2/c37-33(32-29-17-9-7-15-26(29)23-27-16-8-10-18-30(27)32)35-31-20-22-36(34(31)38)21-19-28(24-11-3-1-4-12-24)25-13-5-2-6-14-25/h1-18,23,28,31H,19-22H2,(H,35,37). The van der Waals surface area contributed by atoms with Gasteiger partial charge < -0.3 is 10.2 Å². The van der Waals surface area contributed by atoms with Crippen LogP contribution < -0.4 is 5.32 Å². The quantitative estimate of drug-likeness (QED) is 0.259. The van der Waals surface area contributed by atoms with Crippen LogP contribution >= 0.6 is 0 Å². The van der Waals surface area contributed by atoms with Gasteiger partial charge in [-0.05, 0) is 51.6 Å². The van der Waals surface area contributed by atoms with Crippen LogP contribution in [0.15, 0.2) is 115 Å². The number of carbonyl (C=O) groups excluding carboxylic acids is 2. The molecule has 6 rings (SSSR count). The Morgan fingerprint density at radius 3 is 1.87 bits per heavy atom. The Kier molecular flexibility index (Phi) is 6.62. The Morgan fingerprint density at radius 2 is 1.29 bits per heavy atom. The van der Waals surface area contributed by atoms with E-state index in [4.69, 9.17) is 0 Å². The maximum atomic E-state index is 13.6. The molecule has 5 aromatic carbocycles. The van der Waals surface area contributed by atoms with Crippen LogP contribution in [0.1, 0.15) is 40.2 Å². The van der Waals surface area contributed by atoms with E-state index in [1.807, 2.05) is 65.6 Å². The summed E-state index contributed by atoms with van der Waals surface area (Å²) in [6, 6.07) is 38.4. The highest BCUT2D eigenvalue weighted by atomic mass is 16.2. The minimum atomic E-state index is -0.507. The first kappa shape index (κ1) is 23.9. The van der Waals surface area contributed by atoms with Crippen LogP contribution in [0.4, 0.5) is 0 Å². The minimum Gasteiger partial charge on any atom is -0.341 e. The Morgan fingerprint density at radius 1 is 0.763 bits per heavy atom. The Labute approximate surface area is 222 Å². The molecule has 1 atom stereocenters. The second kappa shape index (κ2) is 10.5. The van der Waals surface area contributed by atoms with E-state index >= 15 is 0 Å². The molecule has 0 bridgehead atoms. The third-order valence-corrected chi connectivity index (χ3v) is 7.69. The van der Waals surface area contributed by atoms with Crippen molar-refractivity contribution in [2.45, 2.75) is 24.8 Å².